The summed E-state index contributed by atoms with van der Waals surface area (Å²) in [6.07, 6.45) is 0. The van der Waals surface area contributed by atoms with Crippen molar-refractivity contribution in [3.05, 3.63) is 139 Å². The van der Waals surface area contributed by atoms with Gasteiger partial charge in [-0.2, -0.15) is 0 Å². The summed E-state index contributed by atoms with van der Waals surface area (Å²) in [6.45, 7) is -1.25. The summed E-state index contributed by atoms with van der Waals surface area (Å²) < 4.78 is 35.0. The second-order valence-electron chi connectivity index (χ2n) is 10.1. The van der Waals surface area contributed by atoms with Crippen molar-refractivity contribution in [1.29, 1.82) is 0 Å². The SMILES string of the molecule is O=c1n(CCOC(=S)OSCc2ccccc2)c(=O)n(CCOC(=S)OSCc2ccccc2)c(=O)n1CCOC(=S)OSCc1ccccc1. The predicted octanol–water partition coefficient (Wildman–Crippen LogP) is 5.67. The molecule has 0 fully saturated rings. The fraction of sp³-hybridized carbons (Fsp3) is 0.273. The first-order valence-electron chi connectivity index (χ1n) is 15.3. The second kappa shape index (κ2) is 22.2. The van der Waals surface area contributed by atoms with E-state index in [9.17, 15) is 14.4 Å². The average molecular weight is 808 g/mol. The molecule has 51 heavy (non-hydrogen) atoms. The van der Waals surface area contributed by atoms with E-state index in [1.807, 2.05) is 91.0 Å². The van der Waals surface area contributed by atoms with Crippen molar-refractivity contribution in [3.63, 3.8) is 0 Å². The quantitative estimate of drug-likeness (QED) is 0.0906. The molecule has 0 aliphatic carbocycles. The highest BCUT2D eigenvalue weighted by molar-refractivity contribution is 7.95. The molecule has 0 radical (unpaired) electrons. The first-order valence-corrected chi connectivity index (χ1v) is 19.2. The molecule has 0 aliphatic heterocycles. The molecule has 0 spiro atoms. The van der Waals surface area contributed by atoms with E-state index in [-0.39, 0.29) is 55.2 Å². The molecule has 270 valence electrons. The molecule has 3 aromatic carbocycles. The molecule has 0 saturated heterocycles. The maximum absolute atomic E-state index is 13.4. The molecule has 1 aromatic heterocycles. The Labute approximate surface area is 323 Å². The monoisotopic (exact) mass is 807 g/mol. The van der Waals surface area contributed by atoms with Crippen LogP contribution >= 0.6 is 72.8 Å². The predicted molar refractivity (Wildman–Crippen MR) is 211 cm³/mol. The van der Waals surface area contributed by atoms with Crippen LogP contribution < -0.4 is 17.1 Å². The van der Waals surface area contributed by atoms with Gasteiger partial charge in [-0.15, -0.1) is 0 Å². The smallest absolute Gasteiger partial charge is 0.364 e. The van der Waals surface area contributed by atoms with Gasteiger partial charge < -0.3 is 26.8 Å². The average Bonchev–Trinajstić information content (AvgIpc) is 3.14. The molecular formula is C33H33N3O9S6. The molecule has 0 saturated carbocycles. The Morgan fingerprint density at radius 2 is 0.706 bits per heavy atom. The van der Waals surface area contributed by atoms with Crippen LogP contribution in [0, 0.1) is 0 Å². The van der Waals surface area contributed by atoms with E-state index in [1.54, 1.807) is 0 Å². The molecule has 0 N–H and O–H groups in total. The van der Waals surface area contributed by atoms with Crippen LogP contribution in [0.5, 0.6) is 0 Å². The van der Waals surface area contributed by atoms with Gasteiger partial charge in [-0.05, 0) is 16.7 Å². The molecule has 12 nitrogen and oxygen atoms in total. The number of hydrogen-bond acceptors (Lipinski definition) is 15. The van der Waals surface area contributed by atoms with Gasteiger partial charge in [-0.25, -0.2) is 28.1 Å². The molecule has 0 aliphatic rings. The zero-order valence-corrected chi connectivity index (χ0v) is 31.9. The third-order valence-corrected chi connectivity index (χ3v) is 9.66. The van der Waals surface area contributed by atoms with Crippen LogP contribution in [0.1, 0.15) is 16.7 Å². The molecule has 0 atom stereocenters. The second-order valence-corrected chi connectivity index (χ2v) is 13.2. The van der Waals surface area contributed by atoms with E-state index < -0.39 is 17.1 Å². The molecule has 18 heteroatoms. The van der Waals surface area contributed by atoms with Crippen molar-refractivity contribution in [3.8, 4) is 0 Å². The van der Waals surface area contributed by atoms with E-state index >= 15 is 0 Å². The Bertz CT molecular complexity index is 1640. The lowest BCUT2D eigenvalue weighted by atomic mass is 10.2. The van der Waals surface area contributed by atoms with Gasteiger partial charge in [0.25, 0.3) is 0 Å². The topological polar surface area (TPSA) is 121 Å². The molecule has 0 amide bonds. The molecule has 1 heterocycles. The van der Waals surface area contributed by atoms with Crippen LogP contribution in [0.3, 0.4) is 0 Å². The van der Waals surface area contributed by atoms with Gasteiger partial charge in [0.15, 0.2) is 0 Å². The van der Waals surface area contributed by atoms with Crippen molar-refractivity contribution in [2.75, 3.05) is 19.8 Å². The number of nitrogens with zero attached hydrogens (tertiary/aromatic N) is 3. The fourth-order valence-corrected chi connectivity index (χ4v) is 6.43. The largest absolute Gasteiger partial charge is 0.454 e. The first-order chi connectivity index (χ1) is 24.8. The van der Waals surface area contributed by atoms with E-state index in [2.05, 4.69) is 0 Å². The molecule has 4 rings (SSSR count). The summed E-state index contributed by atoms with van der Waals surface area (Å²) in [5, 5.41) is -0.509. The Kier molecular flexibility index (Phi) is 17.4. The van der Waals surface area contributed by atoms with Crippen molar-refractivity contribution in [2.45, 2.75) is 36.9 Å². The zero-order chi connectivity index (χ0) is 36.3. The summed E-state index contributed by atoms with van der Waals surface area (Å²) in [4.78, 5) is 40.1. The van der Waals surface area contributed by atoms with Gasteiger partial charge >= 0.3 is 32.8 Å². The van der Waals surface area contributed by atoms with Crippen molar-refractivity contribution < 1.29 is 26.8 Å². The number of ether oxygens (including phenoxy) is 3. The maximum atomic E-state index is 13.4. The standard InChI is InChI=1S/C33H33N3O9S6/c37-28-34(16-19-40-31(46)43-49-22-25-10-4-1-5-11-25)29(38)36(18-21-42-33(48)45-51-24-27-14-8-3-9-15-27)30(39)35(28)17-20-41-32(47)44-50-23-26-12-6-2-7-13-26/h1-15H,16-24H2. The normalized spacial score (nSPS) is 10.6. The lowest BCUT2D eigenvalue weighted by Crippen LogP contribution is -2.55. The Morgan fingerprint density at radius 1 is 0.451 bits per heavy atom. The number of thiocarbonyl (C=S) groups is 3. The van der Waals surface area contributed by atoms with Crippen molar-refractivity contribution in [1.82, 2.24) is 13.7 Å². The number of hydrogen-bond donors (Lipinski definition) is 0. The first kappa shape index (κ1) is 40.0. The van der Waals surface area contributed by atoms with Gasteiger partial charge in [0, 0.05) is 36.7 Å². The highest BCUT2D eigenvalue weighted by atomic mass is 32.2. The van der Waals surface area contributed by atoms with E-state index in [0.29, 0.717) is 17.3 Å². The minimum atomic E-state index is -0.874. The summed E-state index contributed by atoms with van der Waals surface area (Å²) >= 11 is 18.6. The highest BCUT2D eigenvalue weighted by Crippen LogP contribution is 2.15. The fourth-order valence-electron chi connectivity index (χ4n) is 4.15. The van der Waals surface area contributed by atoms with Crippen LogP contribution in [0.4, 0.5) is 0 Å². The summed E-state index contributed by atoms with van der Waals surface area (Å²) in [7, 11) is 0. The molecular weight excluding hydrogens is 775 g/mol. The van der Waals surface area contributed by atoms with Gasteiger partial charge in [0.05, 0.1) is 73.0 Å². The van der Waals surface area contributed by atoms with Crippen LogP contribution in [-0.4, -0.2) is 49.2 Å². The lowest BCUT2D eigenvalue weighted by Gasteiger charge is -2.15. The van der Waals surface area contributed by atoms with Gasteiger partial charge in [-0.1, -0.05) is 91.0 Å². The summed E-state index contributed by atoms with van der Waals surface area (Å²) in [5.41, 5.74) is 0.473. The van der Waals surface area contributed by atoms with Crippen molar-refractivity contribution in [2.24, 2.45) is 0 Å². The molecule has 0 unspecified atom stereocenters. The third kappa shape index (κ3) is 14.0. The Balaban J connectivity index is 1.34. The van der Waals surface area contributed by atoms with E-state index in [1.165, 1.54) is 0 Å². The van der Waals surface area contributed by atoms with Crippen LogP contribution in [0.25, 0.3) is 0 Å². The van der Waals surface area contributed by atoms with Gasteiger partial charge in [0.1, 0.15) is 19.8 Å². The summed E-state index contributed by atoms with van der Waals surface area (Å²) in [6, 6.07) is 28.9. The maximum Gasteiger partial charge on any atom is 0.364 e. The van der Waals surface area contributed by atoms with Crippen LogP contribution in [-0.2, 0) is 63.7 Å². The van der Waals surface area contributed by atoms with E-state index in [0.717, 1.165) is 66.5 Å². The number of aromatic nitrogens is 3. The molecule has 0 bridgehead atoms. The van der Waals surface area contributed by atoms with Crippen LogP contribution in [0.15, 0.2) is 105 Å². The Morgan fingerprint density at radius 3 is 0.961 bits per heavy atom. The Hall–Kier alpha value is -3.81. The van der Waals surface area contributed by atoms with Crippen molar-refractivity contribution >= 4 is 88.5 Å². The minimum absolute atomic E-state index is 0.170. The highest BCUT2D eigenvalue weighted by Gasteiger charge is 2.17. The number of benzene rings is 3. The van der Waals surface area contributed by atoms with E-state index in [4.69, 9.17) is 63.4 Å². The van der Waals surface area contributed by atoms with Gasteiger partial charge in [0.2, 0.25) is 0 Å². The van der Waals surface area contributed by atoms with Gasteiger partial charge in [-0.3, -0.25) is 0 Å². The minimum Gasteiger partial charge on any atom is -0.454 e. The summed E-state index contributed by atoms with van der Waals surface area (Å²) in [5.74, 6) is 1.60. The number of rotatable bonds is 18. The lowest BCUT2D eigenvalue weighted by molar-refractivity contribution is 0.218. The van der Waals surface area contributed by atoms with Crippen LogP contribution in [0.2, 0.25) is 0 Å². The molecule has 4 aromatic rings. The zero-order valence-electron chi connectivity index (χ0n) is 27.0. The third-order valence-electron chi connectivity index (χ3n) is 6.58.